The van der Waals surface area contributed by atoms with Crippen LogP contribution < -0.4 is 20.0 Å². The van der Waals surface area contributed by atoms with Crippen LogP contribution in [0.1, 0.15) is 0 Å². The molecule has 0 bridgehead atoms. The lowest BCUT2D eigenvalue weighted by atomic mass is 10.1. The smallest absolute Gasteiger partial charge is 0.201 e. The van der Waals surface area contributed by atoms with E-state index in [0.717, 1.165) is 12.2 Å². The Balaban J connectivity index is 1.65. The molecule has 0 radical (unpaired) electrons. The summed E-state index contributed by atoms with van der Waals surface area (Å²) in [6, 6.07) is 18.6. The number of piperazine rings is 1. The minimum atomic E-state index is -0.405. The van der Waals surface area contributed by atoms with E-state index in [1.807, 2.05) is 35.2 Å². The molecule has 0 saturated carbocycles. The van der Waals surface area contributed by atoms with E-state index in [9.17, 15) is 10.1 Å². The standard InChI is InChI=1S/C21H19N3O3/c1-26-17-7-8-20-18(11-17)19(25)12-21(27-20)24-10-9-23(14-16(24)13-22)15-5-3-2-4-6-15/h2-8,11-12,16H,9-10,14H2,1H3. The number of para-hydroxylation sites is 1. The van der Waals surface area contributed by atoms with Gasteiger partial charge in [0.1, 0.15) is 17.4 Å². The van der Waals surface area contributed by atoms with Gasteiger partial charge in [-0.15, -0.1) is 0 Å². The first-order valence-corrected chi connectivity index (χ1v) is 8.78. The Labute approximate surface area is 156 Å². The van der Waals surface area contributed by atoms with Crippen LogP contribution in [-0.2, 0) is 0 Å². The molecule has 1 unspecified atom stereocenters. The molecule has 1 aromatic heterocycles. The first-order chi connectivity index (χ1) is 13.2. The van der Waals surface area contributed by atoms with E-state index in [2.05, 4.69) is 11.0 Å². The Morgan fingerprint density at radius 3 is 2.70 bits per heavy atom. The molecule has 27 heavy (non-hydrogen) atoms. The fraction of sp³-hybridized carbons (Fsp3) is 0.238. The molecule has 0 aliphatic carbocycles. The molecule has 6 nitrogen and oxygen atoms in total. The maximum atomic E-state index is 12.6. The van der Waals surface area contributed by atoms with Gasteiger partial charge in [0, 0.05) is 24.8 Å². The van der Waals surface area contributed by atoms with Crippen molar-refractivity contribution in [3.8, 4) is 11.8 Å². The van der Waals surface area contributed by atoms with Gasteiger partial charge in [-0.1, -0.05) is 18.2 Å². The quantitative estimate of drug-likeness (QED) is 0.714. The van der Waals surface area contributed by atoms with Crippen LogP contribution in [0.15, 0.2) is 63.8 Å². The second kappa shape index (κ2) is 7.04. The number of rotatable bonds is 3. The number of benzene rings is 2. The fourth-order valence-electron chi connectivity index (χ4n) is 3.42. The molecule has 6 heteroatoms. The highest BCUT2D eigenvalue weighted by Crippen LogP contribution is 2.27. The van der Waals surface area contributed by atoms with Crippen LogP contribution in [0.2, 0.25) is 0 Å². The molecule has 1 fully saturated rings. The van der Waals surface area contributed by atoms with Gasteiger partial charge >= 0.3 is 0 Å². The predicted octanol–water partition coefficient (Wildman–Crippen LogP) is 3.02. The second-order valence-corrected chi connectivity index (χ2v) is 6.43. The summed E-state index contributed by atoms with van der Waals surface area (Å²) in [7, 11) is 1.56. The summed E-state index contributed by atoms with van der Waals surface area (Å²) in [4.78, 5) is 16.6. The normalized spacial score (nSPS) is 17.0. The summed E-state index contributed by atoms with van der Waals surface area (Å²) in [5.41, 5.74) is 1.43. The van der Waals surface area contributed by atoms with E-state index in [-0.39, 0.29) is 5.43 Å². The van der Waals surface area contributed by atoms with E-state index >= 15 is 0 Å². The van der Waals surface area contributed by atoms with Gasteiger partial charge in [-0.25, -0.2) is 0 Å². The zero-order chi connectivity index (χ0) is 18.8. The van der Waals surface area contributed by atoms with Gasteiger partial charge in [-0.05, 0) is 30.3 Å². The van der Waals surface area contributed by atoms with Crippen LogP contribution in [0.25, 0.3) is 11.0 Å². The molecule has 4 rings (SSSR count). The molecule has 3 aromatic rings. The zero-order valence-electron chi connectivity index (χ0n) is 15.0. The van der Waals surface area contributed by atoms with E-state index < -0.39 is 6.04 Å². The van der Waals surface area contributed by atoms with Crippen molar-refractivity contribution in [2.45, 2.75) is 6.04 Å². The lowest BCUT2D eigenvalue weighted by Crippen LogP contribution is -2.53. The van der Waals surface area contributed by atoms with E-state index in [1.54, 1.807) is 25.3 Å². The van der Waals surface area contributed by atoms with Gasteiger partial charge < -0.3 is 19.0 Å². The molecule has 0 N–H and O–H groups in total. The Hall–Kier alpha value is -3.46. The number of nitriles is 1. The van der Waals surface area contributed by atoms with Gasteiger partial charge in [0.15, 0.2) is 5.43 Å². The Morgan fingerprint density at radius 2 is 1.96 bits per heavy atom. The average molecular weight is 361 g/mol. The van der Waals surface area contributed by atoms with E-state index in [0.29, 0.717) is 35.7 Å². The molecule has 136 valence electrons. The molecule has 1 aliphatic heterocycles. The minimum absolute atomic E-state index is 0.146. The van der Waals surface area contributed by atoms with Crippen LogP contribution >= 0.6 is 0 Å². The number of anilines is 2. The van der Waals surface area contributed by atoms with Crippen LogP contribution in [-0.4, -0.2) is 32.8 Å². The van der Waals surface area contributed by atoms with Crippen LogP contribution in [0.5, 0.6) is 5.75 Å². The van der Waals surface area contributed by atoms with Crippen LogP contribution in [0, 0.1) is 11.3 Å². The van der Waals surface area contributed by atoms with Gasteiger partial charge in [0.05, 0.1) is 25.1 Å². The topological polar surface area (TPSA) is 69.7 Å². The SMILES string of the molecule is COc1ccc2oc(N3CCN(c4ccccc4)CC3C#N)cc(=O)c2c1. The van der Waals surface area contributed by atoms with Gasteiger partial charge in [-0.2, -0.15) is 5.26 Å². The maximum absolute atomic E-state index is 12.6. The summed E-state index contributed by atoms with van der Waals surface area (Å²) in [6.07, 6.45) is 0. The number of fused-ring (bicyclic) bond motifs is 1. The summed E-state index contributed by atoms with van der Waals surface area (Å²) < 4.78 is 11.1. The maximum Gasteiger partial charge on any atom is 0.201 e. The van der Waals surface area contributed by atoms with Crippen molar-refractivity contribution in [1.29, 1.82) is 5.26 Å². The number of methoxy groups -OCH3 is 1. The summed E-state index contributed by atoms with van der Waals surface area (Å²) in [5.74, 6) is 1.03. The number of ether oxygens (including phenoxy) is 1. The van der Waals surface area contributed by atoms with Gasteiger partial charge in [-0.3, -0.25) is 4.79 Å². The molecular weight excluding hydrogens is 342 g/mol. The van der Waals surface area contributed by atoms with E-state index in [4.69, 9.17) is 9.15 Å². The molecule has 2 heterocycles. The molecular formula is C21H19N3O3. The first-order valence-electron chi connectivity index (χ1n) is 8.78. The monoisotopic (exact) mass is 361 g/mol. The van der Waals surface area contributed by atoms with Crippen molar-refractivity contribution in [2.75, 3.05) is 36.5 Å². The lowest BCUT2D eigenvalue weighted by molar-refractivity contribution is 0.415. The van der Waals surface area contributed by atoms with E-state index in [1.165, 1.54) is 6.07 Å². The van der Waals surface area contributed by atoms with Crippen molar-refractivity contribution in [1.82, 2.24) is 0 Å². The third kappa shape index (κ3) is 3.20. The minimum Gasteiger partial charge on any atom is -0.497 e. The highest BCUT2D eigenvalue weighted by molar-refractivity contribution is 5.79. The van der Waals surface area contributed by atoms with Gasteiger partial charge in [0.25, 0.3) is 0 Å². The Bertz CT molecular complexity index is 1060. The lowest BCUT2D eigenvalue weighted by Gasteiger charge is -2.39. The van der Waals surface area contributed by atoms with Crippen LogP contribution in [0.3, 0.4) is 0 Å². The number of hydrogen-bond acceptors (Lipinski definition) is 6. The summed E-state index contributed by atoms with van der Waals surface area (Å²) >= 11 is 0. The molecule has 0 spiro atoms. The first kappa shape index (κ1) is 17.0. The average Bonchev–Trinajstić information content (AvgIpc) is 2.73. The highest BCUT2D eigenvalue weighted by Gasteiger charge is 2.29. The predicted molar refractivity (Wildman–Crippen MR) is 104 cm³/mol. The van der Waals surface area contributed by atoms with Gasteiger partial charge in [0.2, 0.25) is 5.88 Å². The fourth-order valence-corrected chi connectivity index (χ4v) is 3.42. The molecule has 1 saturated heterocycles. The van der Waals surface area contributed by atoms with Crippen molar-refractivity contribution in [3.05, 3.63) is 64.8 Å². The number of nitrogens with zero attached hydrogens (tertiary/aromatic N) is 3. The third-order valence-electron chi connectivity index (χ3n) is 4.86. The molecule has 0 amide bonds. The Morgan fingerprint density at radius 1 is 1.15 bits per heavy atom. The van der Waals surface area contributed by atoms with Crippen LogP contribution in [0.4, 0.5) is 11.6 Å². The Kier molecular flexibility index (Phi) is 4.43. The summed E-state index contributed by atoms with van der Waals surface area (Å²) in [6.45, 7) is 1.88. The number of hydrogen-bond donors (Lipinski definition) is 0. The van der Waals surface area contributed by atoms with Crippen molar-refractivity contribution in [3.63, 3.8) is 0 Å². The van der Waals surface area contributed by atoms with Crippen molar-refractivity contribution >= 4 is 22.5 Å². The summed E-state index contributed by atoms with van der Waals surface area (Å²) in [5, 5.41) is 10.2. The second-order valence-electron chi connectivity index (χ2n) is 6.43. The zero-order valence-corrected chi connectivity index (χ0v) is 15.0. The highest BCUT2D eigenvalue weighted by atomic mass is 16.5. The van der Waals surface area contributed by atoms with Crippen molar-refractivity contribution < 1.29 is 9.15 Å². The molecule has 1 atom stereocenters. The third-order valence-corrected chi connectivity index (χ3v) is 4.86. The van der Waals surface area contributed by atoms with Crippen molar-refractivity contribution in [2.24, 2.45) is 0 Å². The largest absolute Gasteiger partial charge is 0.497 e. The molecule has 2 aromatic carbocycles. The molecule has 1 aliphatic rings.